The minimum absolute atomic E-state index is 0.0564. The summed E-state index contributed by atoms with van der Waals surface area (Å²) in [6.07, 6.45) is -1.51. The van der Waals surface area contributed by atoms with Crippen LogP contribution >= 0.6 is 0 Å². The summed E-state index contributed by atoms with van der Waals surface area (Å²) in [4.78, 5) is 29.4. The molecule has 0 bridgehead atoms. The molecular formula is C41H46F2N2O6. The second-order valence-corrected chi connectivity index (χ2v) is 13.4. The molecule has 4 aromatic rings. The van der Waals surface area contributed by atoms with Gasteiger partial charge in [-0.3, -0.25) is 4.79 Å². The zero-order valence-electron chi connectivity index (χ0n) is 29.8. The van der Waals surface area contributed by atoms with Gasteiger partial charge in [-0.2, -0.15) is 0 Å². The van der Waals surface area contributed by atoms with E-state index in [-0.39, 0.29) is 37.6 Å². The maximum Gasteiger partial charge on any atom is 0.407 e. The molecule has 0 unspecified atom stereocenters. The van der Waals surface area contributed by atoms with Crippen molar-refractivity contribution in [2.45, 2.75) is 71.4 Å². The van der Waals surface area contributed by atoms with Crippen LogP contribution in [0.3, 0.4) is 0 Å². The van der Waals surface area contributed by atoms with Crippen LogP contribution in [0.15, 0.2) is 91.0 Å². The van der Waals surface area contributed by atoms with Crippen molar-refractivity contribution < 1.29 is 37.3 Å². The highest BCUT2D eigenvalue weighted by Crippen LogP contribution is 2.44. The fraction of sp³-hybridized carbons (Fsp3) is 0.366. The van der Waals surface area contributed by atoms with Crippen molar-refractivity contribution in [3.8, 4) is 16.9 Å². The lowest BCUT2D eigenvalue weighted by Crippen LogP contribution is -2.52. The molecule has 0 saturated heterocycles. The molecule has 8 nitrogen and oxygen atoms in total. The molecule has 1 aliphatic carbocycles. The Morgan fingerprint density at radius 3 is 2.02 bits per heavy atom. The zero-order valence-corrected chi connectivity index (χ0v) is 29.8. The van der Waals surface area contributed by atoms with Gasteiger partial charge in [-0.05, 0) is 80.6 Å². The van der Waals surface area contributed by atoms with Gasteiger partial charge in [0, 0.05) is 43.7 Å². The Hall–Kier alpha value is -4.80. The first kappa shape index (κ1) is 37.5. The predicted molar refractivity (Wildman–Crippen MR) is 191 cm³/mol. The van der Waals surface area contributed by atoms with E-state index in [1.165, 1.54) is 11.0 Å². The van der Waals surface area contributed by atoms with Gasteiger partial charge >= 0.3 is 6.09 Å². The van der Waals surface area contributed by atoms with Crippen LogP contribution in [0.4, 0.5) is 13.6 Å². The van der Waals surface area contributed by atoms with E-state index in [0.717, 1.165) is 39.9 Å². The third kappa shape index (κ3) is 9.92. The number of carbonyl (C=O) groups excluding carboxylic acids is 2. The Bertz CT molecular complexity index is 1740. The summed E-state index contributed by atoms with van der Waals surface area (Å²) >= 11 is 0. The fourth-order valence-electron chi connectivity index (χ4n) is 6.28. The van der Waals surface area contributed by atoms with Gasteiger partial charge < -0.3 is 29.2 Å². The lowest BCUT2D eigenvalue weighted by Gasteiger charge is -2.31. The first-order valence-electron chi connectivity index (χ1n) is 17.3. The number of halogens is 2. The molecular weight excluding hydrogens is 654 g/mol. The molecule has 51 heavy (non-hydrogen) atoms. The standard InChI is InChI=1S/C41H46F2N2O6/c1-6-48-38(49-7-2)25-45(24-28-18-19-29(42)23-36(28)43)39(46)37(22-27-16-20-30(21-17-27)51-41(3,4)5)44-40(47)50-26-35-33-14-10-8-12-31(33)32-13-9-11-15-34(32)35/h8-21,23,35,37-38H,6-7,22,24-26H2,1-5H3,(H,44,47)/t37-/m0/s1. The number of hydrogen-bond acceptors (Lipinski definition) is 6. The Labute approximate surface area is 298 Å². The monoisotopic (exact) mass is 700 g/mol. The first-order valence-corrected chi connectivity index (χ1v) is 17.3. The minimum Gasteiger partial charge on any atom is -0.488 e. The number of nitrogens with one attached hydrogen (secondary N) is 1. The van der Waals surface area contributed by atoms with Gasteiger partial charge in [0.15, 0.2) is 6.29 Å². The molecule has 10 heteroatoms. The molecule has 1 N–H and O–H groups in total. The molecule has 0 heterocycles. The number of carbonyl (C=O) groups is 2. The van der Waals surface area contributed by atoms with Crippen LogP contribution in [0, 0.1) is 11.6 Å². The molecule has 1 atom stereocenters. The Balaban J connectivity index is 1.41. The van der Waals surface area contributed by atoms with E-state index in [1.54, 1.807) is 26.0 Å². The molecule has 5 rings (SSSR count). The Kier molecular flexibility index (Phi) is 12.4. The largest absolute Gasteiger partial charge is 0.488 e. The second kappa shape index (κ2) is 16.9. The molecule has 0 aromatic heterocycles. The molecule has 2 amide bonds. The highest BCUT2D eigenvalue weighted by molar-refractivity contribution is 5.86. The SMILES string of the molecule is CCOC(CN(Cc1ccc(F)cc1F)C(=O)[C@H](Cc1ccc(OC(C)(C)C)cc1)NC(=O)OCC1c2ccccc2-c2ccccc21)OCC. The van der Waals surface area contributed by atoms with E-state index < -0.39 is 41.6 Å². The maximum atomic E-state index is 14.9. The first-order chi connectivity index (χ1) is 24.5. The summed E-state index contributed by atoms with van der Waals surface area (Å²) in [6, 6.07) is 25.4. The summed E-state index contributed by atoms with van der Waals surface area (Å²) in [7, 11) is 0. The summed E-state index contributed by atoms with van der Waals surface area (Å²) in [6.45, 7) is 9.82. The van der Waals surface area contributed by atoms with Gasteiger partial charge in [0.2, 0.25) is 5.91 Å². The number of alkyl carbamates (subject to hydrolysis) is 1. The van der Waals surface area contributed by atoms with E-state index in [2.05, 4.69) is 17.4 Å². The topological polar surface area (TPSA) is 86.3 Å². The van der Waals surface area contributed by atoms with Crippen LogP contribution in [0.5, 0.6) is 5.75 Å². The molecule has 0 radical (unpaired) electrons. The highest BCUT2D eigenvalue weighted by Gasteiger charge is 2.32. The van der Waals surface area contributed by atoms with Gasteiger partial charge in [0.05, 0.1) is 6.54 Å². The normalized spacial score (nSPS) is 13.0. The molecule has 0 saturated carbocycles. The van der Waals surface area contributed by atoms with Crippen molar-refractivity contribution in [1.82, 2.24) is 10.2 Å². The van der Waals surface area contributed by atoms with Crippen LogP contribution in [0.1, 0.15) is 62.8 Å². The van der Waals surface area contributed by atoms with Crippen molar-refractivity contribution in [2.75, 3.05) is 26.4 Å². The quantitative estimate of drug-likeness (QED) is 0.127. The molecule has 4 aromatic carbocycles. The van der Waals surface area contributed by atoms with Crippen molar-refractivity contribution >= 4 is 12.0 Å². The summed E-state index contributed by atoms with van der Waals surface area (Å²) in [5.74, 6) is -1.57. The van der Waals surface area contributed by atoms with E-state index in [1.807, 2.05) is 69.3 Å². The van der Waals surface area contributed by atoms with Gasteiger partial charge in [-0.15, -0.1) is 0 Å². The lowest BCUT2D eigenvalue weighted by atomic mass is 9.98. The third-order valence-electron chi connectivity index (χ3n) is 8.48. The van der Waals surface area contributed by atoms with E-state index in [0.29, 0.717) is 19.0 Å². The van der Waals surface area contributed by atoms with Crippen LogP contribution in [0.2, 0.25) is 0 Å². The number of benzene rings is 4. The third-order valence-corrected chi connectivity index (χ3v) is 8.48. The Morgan fingerprint density at radius 1 is 0.843 bits per heavy atom. The van der Waals surface area contributed by atoms with Gasteiger partial charge in [0.1, 0.15) is 35.6 Å². The van der Waals surface area contributed by atoms with Gasteiger partial charge in [-0.25, -0.2) is 13.6 Å². The van der Waals surface area contributed by atoms with Crippen LogP contribution in [-0.2, 0) is 32.0 Å². The molecule has 0 aliphatic heterocycles. The Morgan fingerprint density at radius 2 is 1.45 bits per heavy atom. The van der Waals surface area contributed by atoms with E-state index in [9.17, 15) is 18.4 Å². The van der Waals surface area contributed by atoms with Crippen molar-refractivity contribution in [3.63, 3.8) is 0 Å². The number of ether oxygens (including phenoxy) is 4. The van der Waals surface area contributed by atoms with Crippen LogP contribution in [-0.4, -0.2) is 61.2 Å². The minimum atomic E-state index is -1.12. The van der Waals surface area contributed by atoms with Gasteiger partial charge in [-0.1, -0.05) is 66.7 Å². The van der Waals surface area contributed by atoms with Crippen LogP contribution in [0.25, 0.3) is 11.1 Å². The average Bonchev–Trinajstić information content (AvgIpc) is 3.41. The number of nitrogens with zero attached hydrogens (tertiary/aromatic N) is 1. The molecule has 0 fully saturated rings. The highest BCUT2D eigenvalue weighted by atomic mass is 19.1. The maximum absolute atomic E-state index is 14.9. The molecule has 1 aliphatic rings. The molecule has 270 valence electrons. The second-order valence-electron chi connectivity index (χ2n) is 13.4. The van der Waals surface area contributed by atoms with Gasteiger partial charge in [0.25, 0.3) is 0 Å². The smallest absolute Gasteiger partial charge is 0.407 e. The summed E-state index contributed by atoms with van der Waals surface area (Å²) < 4.78 is 52.0. The number of fused-ring (bicyclic) bond motifs is 3. The zero-order chi connectivity index (χ0) is 36.5. The number of amides is 2. The lowest BCUT2D eigenvalue weighted by molar-refractivity contribution is -0.161. The number of rotatable bonds is 15. The van der Waals surface area contributed by atoms with E-state index in [4.69, 9.17) is 18.9 Å². The predicted octanol–water partition coefficient (Wildman–Crippen LogP) is 8.02. The fourth-order valence-corrected chi connectivity index (χ4v) is 6.28. The summed E-state index contributed by atoms with van der Waals surface area (Å²) in [5, 5.41) is 2.80. The van der Waals surface area contributed by atoms with E-state index >= 15 is 0 Å². The van der Waals surface area contributed by atoms with Crippen molar-refractivity contribution in [2.24, 2.45) is 0 Å². The van der Waals surface area contributed by atoms with Crippen LogP contribution < -0.4 is 10.1 Å². The molecule has 0 spiro atoms. The summed E-state index contributed by atoms with van der Waals surface area (Å²) in [5.41, 5.74) is 4.74. The average molecular weight is 701 g/mol. The van der Waals surface area contributed by atoms with Crippen molar-refractivity contribution in [3.05, 3.63) is 125 Å². The van der Waals surface area contributed by atoms with Crippen molar-refractivity contribution in [1.29, 1.82) is 0 Å². The number of hydrogen-bond donors (Lipinski definition) is 1.